The first kappa shape index (κ1) is 19.5. The molecule has 3 aromatic rings. The van der Waals surface area contributed by atoms with Gasteiger partial charge in [-0.15, -0.1) is 0 Å². The Morgan fingerprint density at radius 2 is 1.71 bits per heavy atom. The van der Waals surface area contributed by atoms with Crippen LogP contribution in [0.4, 0.5) is 17.5 Å². The quantitative estimate of drug-likeness (QED) is 0.601. The molecule has 0 radical (unpaired) electrons. The Bertz CT molecular complexity index is 944. The molecule has 1 aromatic heterocycles. The molecule has 0 atom stereocenters. The third-order valence-electron chi connectivity index (χ3n) is 4.59. The highest BCUT2D eigenvalue weighted by atomic mass is 16.5. The summed E-state index contributed by atoms with van der Waals surface area (Å²) in [4.78, 5) is 8.84. The molecule has 0 saturated carbocycles. The Kier molecular flexibility index (Phi) is 6.32. The van der Waals surface area contributed by atoms with Gasteiger partial charge in [-0.3, -0.25) is 0 Å². The van der Waals surface area contributed by atoms with E-state index in [0.29, 0.717) is 5.95 Å². The number of hydrogen-bond donors (Lipinski definition) is 2. The van der Waals surface area contributed by atoms with Gasteiger partial charge in [0, 0.05) is 18.4 Å². The fraction of sp³-hybridized carbons (Fsp3) is 0.273. The molecule has 0 aliphatic rings. The lowest BCUT2D eigenvalue weighted by Crippen LogP contribution is -2.08. The summed E-state index contributed by atoms with van der Waals surface area (Å²) >= 11 is 0. The third-order valence-corrected chi connectivity index (χ3v) is 4.59. The molecule has 2 aromatic carbocycles. The number of aromatic nitrogens is 2. The summed E-state index contributed by atoms with van der Waals surface area (Å²) < 4.78 is 10.6. The van der Waals surface area contributed by atoms with Crippen molar-refractivity contribution in [3.63, 3.8) is 0 Å². The highest BCUT2D eigenvalue weighted by Crippen LogP contribution is 2.27. The molecule has 0 aliphatic heterocycles. The summed E-state index contributed by atoms with van der Waals surface area (Å²) in [7, 11) is 3.28. The molecule has 0 fully saturated rings. The Balaban J connectivity index is 1.59. The number of rotatable bonds is 8. The van der Waals surface area contributed by atoms with Crippen molar-refractivity contribution in [2.75, 3.05) is 31.4 Å². The second-order valence-electron chi connectivity index (χ2n) is 6.56. The monoisotopic (exact) mass is 378 g/mol. The van der Waals surface area contributed by atoms with Gasteiger partial charge in [-0.1, -0.05) is 12.1 Å². The van der Waals surface area contributed by atoms with E-state index in [0.717, 1.165) is 41.5 Å². The molecule has 0 amide bonds. The van der Waals surface area contributed by atoms with Gasteiger partial charge in [-0.25, -0.2) is 4.98 Å². The lowest BCUT2D eigenvalue weighted by Gasteiger charge is -2.11. The van der Waals surface area contributed by atoms with Gasteiger partial charge in [0.2, 0.25) is 5.95 Å². The van der Waals surface area contributed by atoms with Gasteiger partial charge in [-0.2, -0.15) is 4.98 Å². The average Bonchev–Trinajstić information content (AvgIpc) is 2.71. The van der Waals surface area contributed by atoms with Crippen LogP contribution in [-0.2, 0) is 6.42 Å². The van der Waals surface area contributed by atoms with Crippen LogP contribution in [0.1, 0.15) is 16.7 Å². The number of benzene rings is 2. The summed E-state index contributed by atoms with van der Waals surface area (Å²) in [5.74, 6) is 2.82. The van der Waals surface area contributed by atoms with Gasteiger partial charge in [-0.05, 0) is 67.3 Å². The minimum Gasteiger partial charge on any atom is -0.493 e. The Hall–Kier alpha value is -3.28. The molecule has 146 valence electrons. The maximum absolute atomic E-state index is 5.36. The molecule has 0 spiro atoms. The smallest absolute Gasteiger partial charge is 0.229 e. The van der Waals surface area contributed by atoms with Crippen molar-refractivity contribution in [3.8, 4) is 11.5 Å². The van der Waals surface area contributed by atoms with Crippen LogP contribution in [0.3, 0.4) is 0 Å². The zero-order valence-corrected chi connectivity index (χ0v) is 16.7. The summed E-state index contributed by atoms with van der Waals surface area (Å²) in [6.07, 6.45) is 2.58. The van der Waals surface area contributed by atoms with E-state index in [-0.39, 0.29) is 0 Å². The van der Waals surface area contributed by atoms with Gasteiger partial charge >= 0.3 is 0 Å². The van der Waals surface area contributed by atoms with Gasteiger partial charge in [0.05, 0.1) is 14.2 Å². The van der Waals surface area contributed by atoms with Crippen molar-refractivity contribution in [1.82, 2.24) is 9.97 Å². The van der Waals surface area contributed by atoms with Crippen molar-refractivity contribution in [1.29, 1.82) is 0 Å². The van der Waals surface area contributed by atoms with E-state index in [9.17, 15) is 0 Å². The first-order valence-corrected chi connectivity index (χ1v) is 9.21. The van der Waals surface area contributed by atoms with E-state index < -0.39 is 0 Å². The molecular formula is C22H26N4O2. The number of hydrogen-bond acceptors (Lipinski definition) is 6. The maximum atomic E-state index is 5.36. The lowest BCUT2D eigenvalue weighted by atomic mass is 10.1. The number of nitrogens with one attached hydrogen (secondary N) is 2. The molecule has 0 bridgehead atoms. The molecule has 2 N–H and O–H groups in total. The summed E-state index contributed by atoms with van der Waals surface area (Å²) in [5, 5.41) is 6.60. The number of aryl methyl sites for hydroxylation is 2. The van der Waals surface area contributed by atoms with E-state index in [1.54, 1.807) is 20.4 Å². The van der Waals surface area contributed by atoms with E-state index in [4.69, 9.17) is 9.47 Å². The predicted molar refractivity (Wildman–Crippen MR) is 113 cm³/mol. The maximum Gasteiger partial charge on any atom is 0.229 e. The molecule has 3 rings (SSSR count). The highest BCUT2D eigenvalue weighted by molar-refractivity contribution is 5.56. The first-order chi connectivity index (χ1) is 13.6. The number of ether oxygens (including phenoxy) is 2. The van der Waals surface area contributed by atoms with Gasteiger partial charge in [0.15, 0.2) is 11.5 Å². The van der Waals surface area contributed by atoms with Crippen LogP contribution in [0.25, 0.3) is 0 Å². The minimum absolute atomic E-state index is 0.569. The van der Waals surface area contributed by atoms with Crippen LogP contribution in [-0.4, -0.2) is 30.7 Å². The molecule has 28 heavy (non-hydrogen) atoms. The number of methoxy groups -OCH3 is 2. The van der Waals surface area contributed by atoms with Crippen molar-refractivity contribution in [2.45, 2.75) is 20.3 Å². The molecule has 6 nitrogen and oxygen atoms in total. The van der Waals surface area contributed by atoms with Gasteiger partial charge in [0.25, 0.3) is 0 Å². The summed E-state index contributed by atoms with van der Waals surface area (Å²) in [5.41, 5.74) is 4.63. The van der Waals surface area contributed by atoms with Crippen molar-refractivity contribution < 1.29 is 9.47 Å². The fourth-order valence-electron chi connectivity index (χ4n) is 2.84. The minimum atomic E-state index is 0.569. The number of anilines is 3. The second-order valence-corrected chi connectivity index (χ2v) is 6.56. The second kappa shape index (κ2) is 9.08. The van der Waals surface area contributed by atoms with Crippen LogP contribution in [0.15, 0.2) is 48.7 Å². The topological polar surface area (TPSA) is 68.3 Å². The van der Waals surface area contributed by atoms with E-state index in [1.807, 2.05) is 30.3 Å². The SMILES string of the molecule is COc1ccc(CCNc2ccnc(Nc3ccc(C)c(C)c3)n2)cc1OC. The zero-order chi connectivity index (χ0) is 19.9. The van der Waals surface area contributed by atoms with Gasteiger partial charge in [0.1, 0.15) is 5.82 Å². The van der Waals surface area contributed by atoms with E-state index in [2.05, 4.69) is 46.6 Å². The standard InChI is InChI=1S/C22H26N4O2/c1-15-5-7-18(13-16(15)2)25-22-24-12-10-21(26-22)23-11-9-17-6-8-19(27-3)20(14-17)28-4/h5-8,10,12-14H,9,11H2,1-4H3,(H2,23,24,25,26). The Labute approximate surface area is 166 Å². The largest absolute Gasteiger partial charge is 0.493 e. The Morgan fingerprint density at radius 1 is 0.893 bits per heavy atom. The van der Waals surface area contributed by atoms with E-state index in [1.165, 1.54) is 11.1 Å². The van der Waals surface area contributed by atoms with E-state index >= 15 is 0 Å². The number of nitrogens with zero attached hydrogens (tertiary/aromatic N) is 2. The fourth-order valence-corrected chi connectivity index (χ4v) is 2.84. The molecule has 6 heteroatoms. The predicted octanol–water partition coefficient (Wildman–Crippen LogP) is 4.51. The van der Waals surface area contributed by atoms with Crippen LogP contribution < -0.4 is 20.1 Å². The molecular weight excluding hydrogens is 352 g/mol. The summed E-state index contributed by atoms with van der Waals surface area (Å²) in [6.45, 7) is 4.93. The van der Waals surface area contributed by atoms with Crippen LogP contribution in [0.5, 0.6) is 11.5 Å². The van der Waals surface area contributed by atoms with Crippen LogP contribution in [0, 0.1) is 13.8 Å². The van der Waals surface area contributed by atoms with Crippen molar-refractivity contribution in [2.24, 2.45) is 0 Å². The third kappa shape index (κ3) is 4.91. The average molecular weight is 378 g/mol. The molecule has 1 heterocycles. The van der Waals surface area contributed by atoms with Gasteiger partial charge < -0.3 is 20.1 Å². The lowest BCUT2D eigenvalue weighted by molar-refractivity contribution is 0.354. The van der Waals surface area contributed by atoms with Crippen LogP contribution >= 0.6 is 0 Å². The molecule has 0 aliphatic carbocycles. The zero-order valence-electron chi connectivity index (χ0n) is 16.7. The normalized spacial score (nSPS) is 10.4. The highest BCUT2D eigenvalue weighted by Gasteiger charge is 2.05. The molecule has 0 unspecified atom stereocenters. The van der Waals surface area contributed by atoms with Crippen molar-refractivity contribution >= 4 is 17.5 Å². The molecule has 0 saturated heterocycles. The van der Waals surface area contributed by atoms with Crippen LogP contribution in [0.2, 0.25) is 0 Å². The summed E-state index contributed by atoms with van der Waals surface area (Å²) in [6, 6.07) is 14.0. The Morgan fingerprint density at radius 3 is 2.46 bits per heavy atom. The van der Waals surface area contributed by atoms with Crippen molar-refractivity contribution in [3.05, 3.63) is 65.4 Å². The first-order valence-electron chi connectivity index (χ1n) is 9.21.